The smallest absolute Gasteiger partial charge is 0.337 e. The van der Waals surface area contributed by atoms with Crippen LogP contribution < -0.4 is 5.32 Å². The highest BCUT2D eigenvalue weighted by molar-refractivity contribution is 6.30. The Morgan fingerprint density at radius 2 is 2.33 bits per heavy atom. The quantitative estimate of drug-likeness (QED) is 0.718. The van der Waals surface area contributed by atoms with Gasteiger partial charge in [-0.2, -0.15) is 0 Å². The number of carboxylic acid groups (broad SMARTS) is 1. The first-order valence-electron chi connectivity index (χ1n) is 4.23. The number of anilines is 1. The maximum atomic E-state index is 10.6. The number of aliphatic carboxylic acids is 1. The molecule has 1 aromatic heterocycles. The van der Waals surface area contributed by atoms with E-state index in [-0.39, 0.29) is 6.54 Å². The number of carbonyl (C=O) groups is 1. The summed E-state index contributed by atoms with van der Waals surface area (Å²) in [5.41, 5.74) is -1.82. The van der Waals surface area contributed by atoms with Crippen molar-refractivity contribution in [3.63, 3.8) is 0 Å². The largest absolute Gasteiger partial charge is 0.479 e. The molecule has 1 rings (SSSR count). The van der Waals surface area contributed by atoms with Gasteiger partial charge in [-0.05, 0) is 19.1 Å². The summed E-state index contributed by atoms with van der Waals surface area (Å²) < 4.78 is 0. The monoisotopic (exact) mass is 230 g/mol. The Kier molecular flexibility index (Phi) is 3.49. The maximum absolute atomic E-state index is 10.6. The van der Waals surface area contributed by atoms with E-state index < -0.39 is 11.6 Å². The van der Waals surface area contributed by atoms with Crippen LogP contribution in [0.4, 0.5) is 5.82 Å². The van der Waals surface area contributed by atoms with Crippen molar-refractivity contribution in [3.8, 4) is 0 Å². The molecule has 6 heteroatoms. The minimum Gasteiger partial charge on any atom is -0.479 e. The van der Waals surface area contributed by atoms with Crippen molar-refractivity contribution in [1.29, 1.82) is 0 Å². The average Bonchev–Trinajstić information content (AvgIpc) is 2.17. The van der Waals surface area contributed by atoms with Gasteiger partial charge in [0.05, 0.1) is 11.6 Å². The SMILES string of the molecule is CC(O)(CNc1ccc(Cl)cn1)C(=O)O. The van der Waals surface area contributed by atoms with Gasteiger partial charge < -0.3 is 15.5 Å². The number of nitrogens with zero attached hydrogens (tertiary/aromatic N) is 1. The Morgan fingerprint density at radius 1 is 1.67 bits per heavy atom. The van der Waals surface area contributed by atoms with Gasteiger partial charge in [-0.1, -0.05) is 11.6 Å². The van der Waals surface area contributed by atoms with Crippen molar-refractivity contribution in [2.24, 2.45) is 0 Å². The van der Waals surface area contributed by atoms with Crippen molar-refractivity contribution in [2.45, 2.75) is 12.5 Å². The molecule has 1 heterocycles. The van der Waals surface area contributed by atoms with Crippen molar-refractivity contribution < 1.29 is 15.0 Å². The van der Waals surface area contributed by atoms with Gasteiger partial charge >= 0.3 is 5.97 Å². The number of aromatic nitrogens is 1. The minimum absolute atomic E-state index is 0.128. The minimum atomic E-state index is -1.82. The number of hydrogen-bond donors (Lipinski definition) is 3. The lowest BCUT2D eigenvalue weighted by molar-refractivity contribution is -0.155. The van der Waals surface area contributed by atoms with E-state index in [4.69, 9.17) is 16.7 Å². The topological polar surface area (TPSA) is 82.5 Å². The number of aliphatic hydroxyl groups is 1. The molecule has 0 aliphatic rings. The number of halogens is 1. The van der Waals surface area contributed by atoms with Crippen LogP contribution in [-0.2, 0) is 4.79 Å². The van der Waals surface area contributed by atoms with E-state index in [1.165, 1.54) is 13.1 Å². The van der Waals surface area contributed by atoms with Crippen LogP contribution in [0, 0.1) is 0 Å². The molecule has 15 heavy (non-hydrogen) atoms. The zero-order valence-electron chi connectivity index (χ0n) is 8.07. The second-order valence-corrected chi connectivity index (χ2v) is 3.73. The summed E-state index contributed by atoms with van der Waals surface area (Å²) in [5, 5.41) is 21.2. The van der Waals surface area contributed by atoms with E-state index in [9.17, 15) is 9.90 Å². The Morgan fingerprint density at radius 3 is 2.80 bits per heavy atom. The summed E-state index contributed by atoms with van der Waals surface area (Å²) in [7, 11) is 0. The van der Waals surface area contributed by atoms with E-state index in [0.717, 1.165) is 0 Å². The van der Waals surface area contributed by atoms with E-state index in [0.29, 0.717) is 10.8 Å². The van der Waals surface area contributed by atoms with Crippen LogP contribution in [0.3, 0.4) is 0 Å². The van der Waals surface area contributed by atoms with Crippen molar-refractivity contribution in [3.05, 3.63) is 23.4 Å². The Labute approximate surface area is 91.7 Å². The van der Waals surface area contributed by atoms with E-state index >= 15 is 0 Å². The third-order valence-electron chi connectivity index (χ3n) is 1.80. The molecule has 82 valence electrons. The number of pyridine rings is 1. The van der Waals surface area contributed by atoms with E-state index in [1.807, 2.05) is 0 Å². The van der Waals surface area contributed by atoms with Gasteiger partial charge in [0.15, 0.2) is 5.60 Å². The Balaban J connectivity index is 2.57. The molecule has 1 atom stereocenters. The fourth-order valence-electron chi connectivity index (χ4n) is 0.819. The zero-order chi connectivity index (χ0) is 11.5. The highest BCUT2D eigenvalue weighted by Gasteiger charge is 2.29. The molecule has 3 N–H and O–H groups in total. The Hall–Kier alpha value is -1.33. The van der Waals surface area contributed by atoms with E-state index in [1.54, 1.807) is 12.1 Å². The number of rotatable bonds is 4. The highest BCUT2D eigenvalue weighted by atomic mass is 35.5. The molecule has 0 aliphatic carbocycles. The number of carboxylic acids is 1. The molecule has 0 radical (unpaired) electrons. The van der Waals surface area contributed by atoms with E-state index in [2.05, 4.69) is 10.3 Å². The van der Waals surface area contributed by atoms with Crippen molar-refractivity contribution in [2.75, 3.05) is 11.9 Å². The second-order valence-electron chi connectivity index (χ2n) is 3.29. The first kappa shape index (κ1) is 11.7. The molecule has 0 amide bonds. The third-order valence-corrected chi connectivity index (χ3v) is 2.03. The molecule has 0 aromatic carbocycles. The van der Waals surface area contributed by atoms with Crippen LogP contribution in [0.15, 0.2) is 18.3 Å². The predicted molar refractivity (Wildman–Crippen MR) is 56.0 cm³/mol. The molecule has 0 saturated heterocycles. The standard InChI is InChI=1S/C9H11ClN2O3/c1-9(15,8(13)14)5-12-7-3-2-6(10)4-11-7/h2-4,15H,5H2,1H3,(H,11,12)(H,13,14). The fourth-order valence-corrected chi connectivity index (χ4v) is 0.930. The number of nitrogens with one attached hydrogen (secondary N) is 1. The van der Waals surface area contributed by atoms with Gasteiger partial charge in [-0.25, -0.2) is 9.78 Å². The molecule has 0 fully saturated rings. The lowest BCUT2D eigenvalue weighted by atomic mass is 10.1. The molecule has 1 unspecified atom stereocenters. The van der Waals surface area contributed by atoms with Crippen molar-refractivity contribution >= 4 is 23.4 Å². The average molecular weight is 231 g/mol. The number of hydrogen-bond acceptors (Lipinski definition) is 4. The van der Waals surface area contributed by atoms with Gasteiger partial charge in [-0.15, -0.1) is 0 Å². The molecule has 0 bridgehead atoms. The fraction of sp³-hybridized carbons (Fsp3) is 0.333. The van der Waals surface area contributed by atoms with Crippen LogP contribution in [0.5, 0.6) is 0 Å². The normalized spacial score (nSPS) is 14.3. The van der Waals surface area contributed by atoms with Crippen LogP contribution in [0.1, 0.15) is 6.92 Å². The molecule has 0 spiro atoms. The zero-order valence-corrected chi connectivity index (χ0v) is 8.82. The summed E-state index contributed by atoms with van der Waals surface area (Å²) in [6.45, 7) is 1.08. The Bertz CT molecular complexity index is 351. The van der Waals surface area contributed by atoms with Crippen LogP contribution in [-0.4, -0.2) is 33.3 Å². The summed E-state index contributed by atoms with van der Waals surface area (Å²) in [6, 6.07) is 3.21. The first-order chi connectivity index (χ1) is 6.92. The van der Waals surface area contributed by atoms with Crippen molar-refractivity contribution in [1.82, 2.24) is 4.98 Å². The molecule has 1 aromatic rings. The summed E-state index contributed by atoms with van der Waals surface area (Å²) in [4.78, 5) is 14.5. The lowest BCUT2D eigenvalue weighted by Crippen LogP contribution is -2.41. The highest BCUT2D eigenvalue weighted by Crippen LogP contribution is 2.11. The van der Waals surface area contributed by atoms with Crippen LogP contribution in [0.25, 0.3) is 0 Å². The van der Waals surface area contributed by atoms with Gasteiger partial charge in [0.2, 0.25) is 0 Å². The molecule has 0 aliphatic heterocycles. The molecular formula is C9H11ClN2O3. The summed E-state index contributed by atoms with van der Waals surface area (Å²) in [6.07, 6.45) is 1.43. The maximum Gasteiger partial charge on any atom is 0.337 e. The third kappa shape index (κ3) is 3.38. The predicted octanol–water partition coefficient (Wildman–Crippen LogP) is 0.982. The van der Waals surface area contributed by atoms with Crippen LogP contribution >= 0.6 is 11.6 Å². The summed E-state index contributed by atoms with van der Waals surface area (Å²) >= 11 is 5.62. The van der Waals surface area contributed by atoms with Gasteiger partial charge in [0.1, 0.15) is 5.82 Å². The second kappa shape index (κ2) is 4.46. The molecule has 0 saturated carbocycles. The molecule has 5 nitrogen and oxygen atoms in total. The van der Waals surface area contributed by atoms with Gasteiger partial charge in [0.25, 0.3) is 0 Å². The van der Waals surface area contributed by atoms with Gasteiger partial charge in [-0.3, -0.25) is 0 Å². The summed E-state index contributed by atoms with van der Waals surface area (Å²) in [5.74, 6) is -0.829. The van der Waals surface area contributed by atoms with Crippen LogP contribution in [0.2, 0.25) is 5.02 Å². The molecular weight excluding hydrogens is 220 g/mol. The lowest BCUT2D eigenvalue weighted by Gasteiger charge is -2.18. The first-order valence-corrected chi connectivity index (χ1v) is 4.61. The van der Waals surface area contributed by atoms with Gasteiger partial charge in [0, 0.05) is 6.20 Å².